The predicted octanol–water partition coefficient (Wildman–Crippen LogP) is 4.20. The molecule has 0 aromatic heterocycles. The summed E-state index contributed by atoms with van der Waals surface area (Å²) in [5.41, 5.74) is 0.0291. The zero-order valence-electron chi connectivity index (χ0n) is 9.45. The molecule has 2 aromatic rings. The highest BCUT2D eigenvalue weighted by molar-refractivity contribution is 9.10. The van der Waals surface area contributed by atoms with E-state index in [-0.39, 0.29) is 0 Å². The van der Waals surface area contributed by atoms with Gasteiger partial charge in [0.2, 0.25) is 0 Å². The van der Waals surface area contributed by atoms with Crippen LogP contribution in [0, 0.1) is 5.82 Å². The van der Waals surface area contributed by atoms with Crippen molar-refractivity contribution in [1.82, 2.24) is 0 Å². The number of carbonyl (C=O) groups is 1. The number of amides is 1. The molecule has 0 atom stereocenters. The van der Waals surface area contributed by atoms with Crippen LogP contribution in [0.3, 0.4) is 0 Å². The van der Waals surface area contributed by atoms with E-state index in [1.54, 1.807) is 18.2 Å². The number of phenolic OH excluding ortho intramolecular Hbond substituents is 1. The molecule has 0 aliphatic rings. The second-order valence-corrected chi connectivity index (χ2v) is 5.00. The quantitative estimate of drug-likeness (QED) is 0.858. The fourth-order valence-corrected chi connectivity index (χ4v) is 2.30. The predicted molar refractivity (Wildman–Crippen MR) is 75.2 cm³/mol. The minimum absolute atomic E-state index is 0.399. The average molecular weight is 345 g/mol. The molecule has 1 amide bonds. The average Bonchev–Trinajstić information content (AvgIpc) is 2.32. The van der Waals surface area contributed by atoms with Crippen LogP contribution in [0.4, 0.5) is 10.1 Å². The Morgan fingerprint density at radius 1 is 1.32 bits per heavy atom. The first kappa shape index (κ1) is 13.8. The Balaban J connectivity index is 2.31. The zero-order valence-corrected chi connectivity index (χ0v) is 11.8. The number of halogens is 3. The summed E-state index contributed by atoms with van der Waals surface area (Å²) >= 11 is 9.01. The maximum atomic E-state index is 13.5. The van der Waals surface area contributed by atoms with Crippen molar-refractivity contribution < 1.29 is 14.3 Å². The number of carbonyl (C=O) groups excluding carboxylic acids is 1. The van der Waals surface area contributed by atoms with Gasteiger partial charge < -0.3 is 10.4 Å². The minimum Gasteiger partial charge on any atom is -0.507 e. The lowest BCUT2D eigenvalue weighted by Gasteiger charge is -2.09. The maximum absolute atomic E-state index is 13.5. The summed E-state index contributed by atoms with van der Waals surface area (Å²) in [5.74, 6) is -1.94. The normalized spacial score (nSPS) is 10.3. The van der Waals surface area contributed by atoms with E-state index in [1.165, 1.54) is 12.1 Å². The molecule has 0 bridgehead atoms. The topological polar surface area (TPSA) is 49.3 Å². The van der Waals surface area contributed by atoms with E-state index in [1.807, 2.05) is 0 Å². The summed E-state index contributed by atoms with van der Waals surface area (Å²) in [7, 11) is 0. The van der Waals surface area contributed by atoms with Crippen molar-refractivity contribution in [3.05, 3.63) is 57.3 Å². The van der Waals surface area contributed by atoms with Crippen molar-refractivity contribution in [2.45, 2.75) is 0 Å². The van der Waals surface area contributed by atoms with Crippen LogP contribution in [0.5, 0.6) is 5.75 Å². The van der Waals surface area contributed by atoms with Gasteiger partial charge in [0.15, 0.2) is 0 Å². The largest absolute Gasteiger partial charge is 0.507 e. The molecule has 2 aromatic carbocycles. The van der Waals surface area contributed by atoms with E-state index in [2.05, 4.69) is 21.2 Å². The summed E-state index contributed by atoms with van der Waals surface area (Å²) in [6.45, 7) is 0. The third-order valence-corrected chi connectivity index (χ3v) is 3.29. The first-order valence-corrected chi connectivity index (χ1v) is 6.40. The van der Waals surface area contributed by atoms with Crippen molar-refractivity contribution in [3.63, 3.8) is 0 Å². The molecule has 0 saturated heterocycles. The van der Waals surface area contributed by atoms with Gasteiger partial charge in [0.1, 0.15) is 17.1 Å². The molecule has 3 nitrogen and oxygen atoms in total. The van der Waals surface area contributed by atoms with Crippen LogP contribution in [0.2, 0.25) is 5.02 Å². The molecule has 6 heteroatoms. The van der Waals surface area contributed by atoms with Gasteiger partial charge in [-0.05, 0) is 46.3 Å². The van der Waals surface area contributed by atoms with Gasteiger partial charge in [0, 0.05) is 9.50 Å². The SMILES string of the molecule is O=C(Nc1ccc(Cl)cc1Br)c1c(O)cccc1F. The zero-order chi connectivity index (χ0) is 14.0. The molecule has 0 spiro atoms. The van der Waals surface area contributed by atoms with Gasteiger partial charge in [-0.15, -0.1) is 0 Å². The van der Waals surface area contributed by atoms with E-state index in [9.17, 15) is 14.3 Å². The van der Waals surface area contributed by atoms with Gasteiger partial charge in [-0.2, -0.15) is 0 Å². The highest BCUT2D eigenvalue weighted by atomic mass is 79.9. The Kier molecular flexibility index (Phi) is 4.07. The molecule has 0 radical (unpaired) electrons. The second-order valence-electron chi connectivity index (χ2n) is 3.71. The minimum atomic E-state index is -0.789. The molecule has 0 aliphatic carbocycles. The number of aromatic hydroxyl groups is 1. The van der Waals surface area contributed by atoms with Crippen LogP contribution in [0.25, 0.3) is 0 Å². The Hall–Kier alpha value is -1.59. The fraction of sp³-hybridized carbons (Fsp3) is 0. The van der Waals surface area contributed by atoms with Crippen LogP contribution < -0.4 is 5.32 Å². The van der Waals surface area contributed by atoms with E-state index in [0.717, 1.165) is 6.07 Å². The van der Waals surface area contributed by atoms with Crippen molar-refractivity contribution in [2.24, 2.45) is 0 Å². The number of phenols is 1. The highest BCUT2D eigenvalue weighted by Crippen LogP contribution is 2.27. The third kappa shape index (κ3) is 3.05. The molecule has 2 N–H and O–H groups in total. The maximum Gasteiger partial charge on any atom is 0.262 e. The first-order valence-electron chi connectivity index (χ1n) is 5.23. The number of hydrogen-bond acceptors (Lipinski definition) is 2. The van der Waals surface area contributed by atoms with E-state index in [4.69, 9.17) is 11.6 Å². The third-order valence-electron chi connectivity index (χ3n) is 2.40. The van der Waals surface area contributed by atoms with Gasteiger partial charge in [0.25, 0.3) is 5.91 Å². The molecule has 2 rings (SSSR count). The van der Waals surface area contributed by atoms with Gasteiger partial charge in [-0.25, -0.2) is 4.39 Å². The van der Waals surface area contributed by atoms with Crippen LogP contribution in [0.15, 0.2) is 40.9 Å². The number of benzene rings is 2. The Labute approximate surface area is 122 Å². The number of hydrogen-bond donors (Lipinski definition) is 2. The Morgan fingerprint density at radius 2 is 2.05 bits per heavy atom. The molecule has 98 valence electrons. The Morgan fingerprint density at radius 3 is 2.68 bits per heavy atom. The van der Waals surface area contributed by atoms with E-state index >= 15 is 0 Å². The standard InChI is InChI=1S/C13H8BrClFNO2/c14-8-6-7(15)4-5-10(8)17-13(19)12-9(16)2-1-3-11(12)18/h1-6,18H,(H,17,19). The van der Waals surface area contributed by atoms with Gasteiger partial charge in [0.05, 0.1) is 5.69 Å². The molecule has 0 unspecified atom stereocenters. The summed E-state index contributed by atoms with van der Waals surface area (Å²) in [6, 6.07) is 8.42. The summed E-state index contributed by atoms with van der Waals surface area (Å²) in [5, 5.41) is 12.5. The Bertz CT molecular complexity index is 628. The number of rotatable bonds is 2. The van der Waals surface area contributed by atoms with Crippen LogP contribution in [-0.2, 0) is 0 Å². The lowest BCUT2D eigenvalue weighted by Crippen LogP contribution is -2.14. The van der Waals surface area contributed by atoms with E-state index in [0.29, 0.717) is 15.2 Å². The second kappa shape index (κ2) is 5.59. The lowest BCUT2D eigenvalue weighted by molar-refractivity contribution is 0.102. The van der Waals surface area contributed by atoms with Gasteiger partial charge in [-0.3, -0.25) is 4.79 Å². The molecular formula is C13H8BrClFNO2. The van der Waals surface area contributed by atoms with E-state index < -0.39 is 23.0 Å². The highest BCUT2D eigenvalue weighted by Gasteiger charge is 2.17. The summed E-state index contributed by atoms with van der Waals surface area (Å²) < 4.78 is 14.1. The summed E-state index contributed by atoms with van der Waals surface area (Å²) in [6.07, 6.45) is 0. The molecule has 0 saturated carbocycles. The van der Waals surface area contributed by atoms with Crippen molar-refractivity contribution >= 4 is 39.1 Å². The fourth-order valence-electron chi connectivity index (χ4n) is 1.51. The number of anilines is 1. The molecule has 0 heterocycles. The number of nitrogens with one attached hydrogen (secondary N) is 1. The van der Waals surface area contributed by atoms with Crippen LogP contribution in [-0.4, -0.2) is 11.0 Å². The molecule has 0 fully saturated rings. The lowest BCUT2D eigenvalue weighted by atomic mass is 10.1. The molecule has 0 aliphatic heterocycles. The van der Waals surface area contributed by atoms with Gasteiger partial charge >= 0.3 is 0 Å². The van der Waals surface area contributed by atoms with Crippen molar-refractivity contribution in [2.75, 3.05) is 5.32 Å². The van der Waals surface area contributed by atoms with Crippen LogP contribution >= 0.6 is 27.5 Å². The molecular weight excluding hydrogens is 337 g/mol. The smallest absolute Gasteiger partial charge is 0.262 e. The van der Waals surface area contributed by atoms with Crippen molar-refractivity contribution in [1.29, 1.82) is 0 Å². The summed E-state index contributed by atoms with van der Waals surface area (Å²) in [4.78, 5) is 11.9. The molecule has 19 heavy (non-hydrogen) atoms. The van der Waals surface area contributed by atoms with Gasteiger partial charge in [-0.1, -0.05) is 17.7 Å². The monoisotopic (exact) mass is 343 g/mol. The van der Waals surface area contributed by atoms with Crippen LogP contribution in [0.1, 0.15) is 10.4 Å². The first-order chi connectivity index (χ1) is 8.99. The van der Waals surface area contributed by atoms with Crippen molar-refractivity contribution in [3.8, 4) is 5.75 Å².